The fraction of sp³-hybridized carbons (Fsp3) is 0. The summed E-state index contributed by atoms with van der Waals surface area (Å²) in [5.74, 6) is -1.22. The minimum atomic E-state index is -1.22. The summed E-state index contributed by atoms with van der Waals surface area (Å²) < 4.78 is 1.15. The molecule has 0 bridgehead atoms. The van der Waals surface area contributed by atoms with Crippen molar-refractivity contribution < 1.29 is 9.90 Å². The van der Waals surface area contributed by atoms with E-state index < -0.39 is 5.97 Å². The van der Waals surface area contributed by atoms with Crippen molar-refractivity contribution in [3.8, 4) is 6.07 Å². The largest absolute Gasteiger partial charge is 0.477 e. The lowest BCUT2D eigenvalue weighted by Gasteiger charge is -2.33. The van der Waals surface area contributed by atoms with Crippen LogP contribution in [0, 0.1) is 14.9 Å². The molecule has 4 nitrogen and oxygen atoms in total. The van der Waals surface area contributed by atoms with E-state index in [4.69, 9.17) is 10.4 Å². The van der Waals surface area contributed by atoms with Crippen molar-refractivity contribution >= 4 is 63.5 Å². The zero-order valence-electron chi connectivity index (χ0n) is 14.5. The van der Waals surface area contributed by atoms with E-state index in [9.17, 15) is 4.79 Å². The molecule has 0 amide bonds. The highest BCUT2D eigenvalue weighted by molar-refractivity contribution is 14.1. The molecule has 0 aliphatic carbocycles. The predicted octanol–water partition coefficient (Wildman–Crippen LogP) is 6.22. The van der Waals surface area contributed by atoms with Crippen LogP contribution in [0.2, 0.25) is 0 Å². The molecule has 0 saturated carbocycles. The number of carboxylic acid groups (broad SMARTS) is 1. The van der Waals surface area contributed by atoms with E-state index in [1.165, 1.54) is 6.08 Å². The topological polar surface area (TPSA) is 64.3 Å². The van der Waals surface area contributed by atoms with Gasteiger partial charge in [-0.3, -0.25) is 0 Å². The number of benzene rings is 3. The summed E-state index contributed by atoms with van der Waals surface area (Å²) in [5, 5.41) is 18.2. The summed E-state index contributed by atoms with van der Waals surface area (Å²) in [5.41, 5.74) is 3.59. The van der Waals surface area contributed by atoms with Crippen LogP contribution in [0.15, 0.2) is 82.1 Å². The molecular weight excluding hydrogens is 483 g/mol. The highest BCUT2D eigenvalue weighted by Crippen LogP contribution is 2.51. The molecular formula is C22H13IN2O2S. The van der Waals surface area contributed by atoms with Crippen LogP contribution in [0.25, 0.3) is 6.08 Å². The van der Waals surface area contributed by atoms with Gasteiger partial charge in [-0.25, -0.2) is 4.79 Å². The first kappa shape index (κ1) is 18.6. The molecule has 0 aromatic heterocycles. The Morgan fingerprint density at radius 2 is 1.71 bits per heavy atom. The Balaban J connectivity index is 1.87. The summed E-state index contributed by atoms with van der Waals surface area (Å²) in [4.78, 5) is 15.5. The number of rotatable bonds is 3. The van der Waals surface area contributed by atoms with Gasteiger partial charge >= 0.3 is 5.97 Å². The maximum absolute atomic E-state index is 11.2. The van der Waals surface area contributed by atoms with Gasteiger partial charge < -0.3 is 10.0 Å². The lowest BCUT2D eigenvalue weighted by atomic mass is 10.1. The van der Waals surface area contributed by atoms with E-state index in [2.05, 4.69) is 57.8 Å². The van der Waals surface area contributed by atoms with Crippen LogP contribution in [0.5, 0.6) is 0 Å². The second-order valence-corrected chi connectivity index (χ2v) is 8.42. The molecule has 1 heterocycles. The number of nitrogens with zero attached hydrogens (tertiary/aromatic N) is 2. The van der Waals surface area contributed by atoms with Crippen molar-refractivity contribution in [2.75, 3.05) is 4.90 Å². The fourth-order valence-electron chi connectivity index (χ4n) is 3.05. The Bertz CT molecular complexity index is 1150. The van der Waals surface area contributed by atoms with E-state index in [-0.39, 0.29) is 5.57 Å². The van der Waals surface area contributed by atoms with Gasteiger partial charge in [0, 0.05) is 19.0 Å². The van der Waals surface area contributed by atoms with Gasteiger partial charge in [0.05, 0.1) is 11.4 Å². The zero-order valence-corrected chi connectivity index (χ0v) is 17.4. The highest BCUT2D eigenvalue weighted by atomic mass is 127. The molecule has 0 radical (unpaired) electrons. The number of hydrogen-bond donors (Lipinski definition) is 1. The number of para-hydroxylation sites is 1. The molecule has 0 spiro atoms. The normalized spacial score (nSPS) is 12.7. The molecule has 0 fully saturated rings. The van der Waals surface area contributed by atoms with Crippen LogP contribution in [-0.4, -0.2) is 11.1 Å². The van der Waals surface area contributed by atoms with E-state index >= 15 is 0 Å². The highest BCUT2D eigenvalue weighted by Gasteiger charge is 2.25. The van der Waals surface area contributed by atoms with Crippen molar-refractivity contribution in [3.05, 3.63) is 81.4 Å². The van der Waals surface area contributed by atoms with Gasteiger partial charge in [-0.2, -0.15) is 5.26 Å². The number of halogens is 1. The number of fused-ring (bicyclic) bond motifs is 2. The molecule has 4 rings (SSSR count). The summed E-state index contributed by atoms with van der Waals surface area (Å²) in [6.07, 6.45) is 1.40. The van der Waals surface area contributed by atoms with E-state index in [1.807, 2.05) is 36.4 Å². The number of hydrogen-bond acceptors (Lipinski definition) is 4. The van der Waals surface area contributed by atoms with Crippen molar-refractivity contribution in [1.82, 2.24) is 0 Å². The first-order valence-corrected chi connectivity index (χ1v) is 10.3. The van der Waals surface area contributed by atoms with E-state index in [0.717, 1.165) is 30.4 Å². The smallest absolute Gasteiger partial charge is 0.346 e. The molecule has 0 atom stereocenters. The van der Waals surface area contributed by atoms with E-state index in [1.54, 1.807) is 17.8 Å². The quantitative estimate of drug-likeness (QED) is 0.207. The van der Waals surface area contributed by atoms with Gasteiger partial charge in [-0.15, -0.1) is 0 Å². The molecule has 3 aromatic rings. The molecule has 136 valence electrons. The second-order valence-electron chi connectivity index (χ2n) is 6.09. The maximum atomic E-state index is 11.2. The summed E-state index contributed by atoms with van der Waals surface area (Å²) >= 11 is 3.95. The minimum Gasteiger partial charge on any atom is -0.477 e. The van der Waals surface area contributed by atoms with Gasteiger partial charge in [-0.1, -0.05) is 36.0 Å². The number of carboxylic acids is 1. The Morgan fingerprint density at radius 3 is 2.39 bits per heavy atom. The Kier molecular flexibility index (Phi) is 5.11. The molecule has 3 aromatic carbocycles. The molecule has 28 heavy (non-hydrogen) atoms. The Morgan fingerprint density at radius 1 is 1.04 bits per heavy atom. The van der Waals surface area contributed by atoms with Gasteiger partial charge in [0.25, 0.3) is 0 Å². The third kappa shape index (κ3) is 3.51. The monoisotopic (exact) mass is 496 g/mol. The Labute approximate surface area is 180 Å². The predicted molar refractivity (Wildman–Crippen MR) is 119 cm³/mol. The van der Waals surface area contributed by atoms with Gasteiger partial charge in [0.1, 0.15) is 11.6 Å². The van der Waals surface area contributed by atoms with Crippen molar-refractivity contribution in [1.29, 1.82) is 5.26 Å². The number of carbonyl (C=O) groups is 1. The van der Waals surface area contributed by atoms with Crippen molar-refractivity contribution in [3.63, 3.8) is 0 Å². The minimum absolute atomic E-state index is 0.282. The standard InChI is InChI=1S/C22H13IN2O2S/c23-16-7-9-19-21(12-16)28-20-11-14(10-15(13-24)22(26)27)6-8-18(20)25(19)17-4-2-1-3-5-17/h1-12H,(H,26,27)/b15-10-. The average Bonchev–Trinajstić information content (AvgIpc) is 2.70. The van der Waals surface area contributed by atoms with Crippen LogP contribution >= 0.6 is 34.4 Å². The van der Waals surface area contributed by atoms with Crippen molar-refractivity contribution in [2.45, 2.75) is 9.79 Å². The lowest BCUT2D eigenvalue weighted by molar-refractivity contribution is -0.132. The number of anilines is 3. The molecule has 0 unspecified atom stereocenters. The first-order chi connectivity index (χ1) is 13.6. The van der Waals surface area contributed by atoms with Crippen LogP contribution in [0.1, 0.15) is 5.56 Å². The number of nitriles is 1. The molecule has 0 saturated heterocycles. The maximum Gasteiger partial charge on any atom is 0.346 e. The molecule has 6 heteroatoms. The van der Waals surface area contributed by atoms with Crippen molar-refractivity contribution in [2.24, 2.45) is 0 Å². The second kappa shape index (κ2) is 7.70. The molecule has 1 N–H and O–H groups in total. The Hall–Kier alpha value is -2.76. The summed E-state index contributed by atoms with van der Waals surface area (Å²) in [6.45, 7) is 0. The van der Waals surface area contributed by atoms with Gasteiger partial charge in [-0.05, 0) is 76.7 Å². The summed E-state index contributed by atoms with van der Waals surface area (Å²) in [7, 11) is 0. The van der Waals surface area contributed by atoms with Crippen LogP contribution in [0.4, 0.5) is 17.1 Å². The third-order valence-electron chi connectivity index (χ3n) is 4.28. The fourth-order valence-corrected chi connectivity index (χ4v) is 4.90. The van der Waals surface area contributed by atoms with Gasteiger partial charge in [0.15, 0.2) is 0 Å². The SMILES string of the molecule is N#C/C(=C/c1ccc2c(c1)Sc1cc(I)ccc1N2c1ccccc1)C(=O)O. The summed E-state index contributed by atoms with van der Waals surface area (Å²) in [6, 6.07) is 23.9. The third-order valence-corrected chi connectivity index (χ3v) is 6.05. The molecule has 1 aliphatic rings. The van der Waals surface area contributed by atoms with Gasteiger partial charge in [0.2, 0.25) is 0 Å². The van der Waals surface area contributed by atoms with Crippen LogP contribution < -0.4 is 4.90 Å². The number of aliphatic carboxylic acids is 1. The van der Waals surface area contributed by atoms with E-state index in [0.29, 0.717) is 5.56 Å². The molecule has 1 aliphatic heterocycles. The average molecular weight is 496 g/mol. The zero-order chi connectivity index (χ0) is 19.7. The first-order valence-electron chi connectivity index (χ1n) is 8.38. The van der Waals surface area contributed by atoms with Crippen LogP contribution in [-0.2, 0) is 4.79 Å². The van der Waals surface area contributed by atoms with Crippen LogP contribution in [0.3, 0.4) is 0 Å². The lowest BCUT2D eigenvalue weighted by Crippen LogP contribution is -2.15.